The summed E-state index contributed by atoms with van der Waals surface area (Å²) in [4.78, 5) is 15.1. The van der Waals surface area contributed by atoms with E-state index in [9.17, 15) is 13.2 Å². The van der Waals surface area contributed by atoms with Crippen LogP contribution in [0.5, 0.6) is 11.5 Å². The van der Waals surface area contributed by atoms with Crippen LogP contribution in [0.2, 0.25) is 0 Å². The van der Waals surface area contributed by atoms with E-state index in [1.807, 2.05) is 19.1 Å². The maximum Gasteiger partial charge on any atom is 0.250 e. The van der Waals surface area contributed by atoms with Gasteiger partial charge in [0, 0.05) is 36.1 Å². The third-order valence-corrected chi connectivity index (χ3v) is 7.83. The molecule has 0 aliphatic carbocycles. The normalized spacial score (nSPS) is 19.1. The highest BCUT2D eigenvalue weighted by Gasteiger charge is 2.32. The van der Waals surface area contributed by atoms with Crippen LogP contribution in [0, 0.1) is 5.92 Å². The van der Waals surface area contributed by atoms with Crippen molar-refractivity contribution in [1.82, 2.24) is 4.72 Å². The Morgan fingerprint density at radius 3 is 2.81 bits per heavy atom. The lowest BCUT2D eigenvalue weighted by Gasteiger charge is -2.17. The van der Waals surface area contributed by atoms with Crippen molar-refractivity contribution in [2.24, 2.45) is 5.92 Å². The average Bonchev–Trinajstić information content (AvgIpc) is 3.38. The van der Waals surface area contributed by atoms with Crippen molar-refractivity contribution in [3.05, 3.63) is 35.2 Å². The molecule has 27 heavy (non-hydrogen) atoms. The topological polar surface area (TPSA) is 84.9 Å². The summed E-state index contributed by atoms with van der Waals surface area (Å²) in [5.41, 5.74) is 0.737. The molecule has 0 bridgehead atoms. The van der Waals surface area contributed by atoms with Gasteiger partial charge in [-0.3, -0.25) is 4.79 Å². The molecule has 9 heteroatoms. The number of amides is 1. The first-order chi connectivity index (χ1) is 13.0. The van der Waals surface area contributed by atoms with Gasteiger partial charge in [-0.25, -0.2) is 13.1 Å². The molecule has 7 nitrogen and oxygen atoms in total. The highest BCUT2D eigenvalue weighted by Crippen LogP contribution is 2.37. The van der Waals surface area contributed by atoms with Gasteiger partial charge in [0.1, 0.15) is 4.21 Å². The van der Waals surface area contributed by atoms with E-state index in [0.717, 1.165) is 17.0 Å². The molecule has 1 N–H and O–H groups in total. The minimum atomic E-state index is -3.54. The summed E-state index contributed by atoms with van der Waals surface area (Å²) in [6.45, 7) is 2.87. The Bertz CT molecular complexity index is 970. The number of fused-ring (bicyclic) bond motifs is 1. The summed E-state index contributed by atoms with van der Waals surface area (Å²) >= 11 is 1.28. The molecule has 3 heterocycles. The molecule has 1 aromatic heterocycles. The van der Waals surface area contributed by atoms with Gasteiger partial charge in [0.2, 0.25) is 22.7 Å². The van der Waals surface area contributed by atoms with E-state index in [2.05, 4.69) is 4.72 Å². The summed E-state index contributed by atoms with van der Waals surface area (Å²) in [6, 6.07) is 8.84. The third kappa shape index (κ3) is 3.67. The Kier molecular flexibility index (Phi) is 4.83. The lowest BCUT2D eigenvalue weighted by molar-refractivity contribution is -0.117. The van der Waals surface area contributed by atoms with Crippen LogP contribution in [0.15, 0.2) is 34.5 Å². The van der Waals surface area contributed by atoms with Crippen molar-refractivity contribution in [2.45, 2.75) is 24.0 Å². The van der Waals surface area contributed by atoms with Gasteiger partial charge in [-0.2, -0.15) is 0 Å². The van der Waals surface area contributed by atoms with Crippen LogP contribution in [0.25, 0.3) is 0 Å². The lowest BCUT2D eigenvalue weighted by Crippen LogP contribution is -2.31. The van der Waals surface area contributed by atoms with E-state index >= 15 is 0 Å². The number of carbonyl (C=O) groups excluding carboxylic acids is 1. The molecule has 0 unspecified atom stereocenters. The monoisotopic (exact) mass is 408 g/mol. The minimum absolute atomic E-state index is 0.0255. The smallest absolute Gasteiger partial charge is 0.250 e. The number of hydrogen-bond donors (Lipinski definition) is 1. The summed E-state index contributed by atoms with van der Waals surface area (Å²) in [5.74, 6) is 1.18. The highest BCUT2D eigenvalue weighted by molar-refractivity contribution is 7.91. The van der Waals surface area contributed by atoms with Crippen molar-refractivity contribution in [3.63, 3.8) is 0 Å². The zero-order chi connectivity index (χ0) is 19.0. The highest BCUT2D eigenvalue weighted by atomic mass is 32.2. The van der Waals surface area contributed by atoms with Crippen molar-refractivity contribution in [1.29, 1.82) is 0 Å². The van der Waals surface area contributed by atoms with Crippen LogP contribution in [-0.4, -0.2) is 34.2 Å². The van der Waals surface area contributed by atoms with Crippen molar-refractivity contribution in [3.8, 4) is 11.5 Å². The van der Waals surface area contributed by atoms with Gasteiger partial charge in [0.25, 0.3) is 0 Å². The summed E-state index contributed by atoms with van der Waals surface area (Å²) in [6.07, 6.45) is 1.11. The number of rotatable bonds is 6. The van der Waals surface area contributed by atoms with E-state index in [1.165, 1.54) is 11.3 Å². The number of anilines is 1. The summed E-state index contributed by atoms with van der Waals surface area (Å²) in [7, 11) is -3.54. The summed E-state index contributed by atoms with van der Waals surface area (Å²) in [5, 5.41) is 0. The Labute approximate surface area is 161 Å². The van der Waals surface area contributed by atoms with Crippen LogP contribution in [0.1, 0.15) is 18.2 Å². The standard InChI is InChI=1S/C18H20N2O5S2/c1-2-14-4-6-18(26-14)27(22,23)19-9-12-7-17(21)20(10-12)13-3-5-15-16(8-13)25-11-24-15/h3-6,8,12,19H,2,7,9-11H2,1H3/t12-/m0/s1. The van der Waals surface area contributed by atoms with Gasteiger partial charge in [-0.05, 0) is 36.6 Å². The van der Waals surface area contributed by atoms with E-state index in [4.69, 9.17) is 9.47 Å². The van der Waals surface area contributed by atoms with Crippen LogP contribution in [0.4, 0.5) is 5.69 Å². The molecule has 1 fully saturated rings. The lowest BCUT2D eigenvalue weighted by atomic mass is 10.1. The van der Waals surface area contributed by atoms with Gasteiger partial charge < -0.3 is 14.4 Å². The van der Waals surface area contributed by atoms with Gasteiger partial charge in [-0.15, -0.1) is 11.3 Å². The molecule has 1 saturated heterocycles. The molecule has 2 aromatic rings. The zero-order valence-corrected chi connectivity index (χ0v) is 16.4. The van der Waals surface area contributed by atoms with Crippen molar-refractivity contribution in [2.75, 3.05) is 24.8 Å². The largest absolute Gasteiger partial charge is 0.454 e. The first-order valence-corrected chi connectivity index (χ1v) is 11.0. The molecule has 1 atom stereocenters. The van der Waals surface area contributed by atoms with Crippen molar-refractivity contribution >= 4 is 33.0 Å². The Balaban J connectivity index is 1.40. The number of aryl methyl sites for hydroxylation is 1. The number of ether oxygens (including phenoxy) is 2. The van der Waals surface area contributed by atoms with Gasteiger partial charge in [0.05, 0.1) is 0 Å². The molecule has 0 spiro atoms. The Morgan fingerprint density at radius 2 is 2.04 bits per heavy atom. The quantitative estimate of drug-likeness (QED) is 0.793. The number of hydrogen-bond acceptors (Lipinski definition) is 6. The molecule has 0 saturated carbocycles. The number of sulfonamides is 1. The number of benzene rings is 1. The fourth-order valence-corrected chi connectivity index (χ4v) is 5.67. The van der Waals surface area contributed by atoms with E-state index < -0.39 is 10.0 Å². The predicted molar refractivity (Wildman–Crippen MR) is 102 cm³/mol. The van der Waals surface area contributed by atoms with E-state index in [1.54, 1.807) is 23.1 Å². The van der Waals surface area contributed by atoms with Crippen LogP contribution in [0.3, 0.4) is 0 Å². The molecular weight excluding hydrogens is 388 g/mol. The summed E-state index contributed by atoms with van der Waals surface area (Å²) < 4.78 is 38.5. The van der Waals surface area contributed by atoms with E-state index in [0.29, 0.717) is 28.7 Å². The maximum absolute atomic E-state index is 12.4. The minimum Gasteiger partial charge on any atom is -0.454 e. The second-order valence-corrected chi connectivity index (χ2v) is 9.70. The molecule has 0 radical (unpaired) electrons. The average molecular weight is 409 g/mol. The molecule has 4 rings (SSSR count). The van der Waals surface area contributed by atoms with Crippen LogP contribution >= 0.6 is 11.3 Å². The molecule has 2 aliphatic rings. The van der Waals surface area contributed by atoms with Crippen LogP contribution < -0.4 is 19.1 Å². The molecule has 144 valence electrons. The molecular formula is C18H20N2O5S2. The SMILES string of the molecule is CCc1ccc(S(=O)(=O)NC[C@@H]2CC(=O)N(c3ccc4c(c3)OCO4)C2)s1. The molecule has 2 aliphatic heterocycles. The first kappa shape index (κ1) is 18.3. The zero-order valence-electron chi connectivity index (χ0n) is 14.8. The fourth-order valence-electron chi connectivity index (χ4n) is 3.21. The molecule has 1 aromatic carbocycles. The number of carbonyl (C=O) groups is 1. The third-order valence-electron chi connectivity index (χ3n) is 4.69. The second kappa shape index (κ2) is 7.14. The first-order valence-electron chi connectivity index (χ1n) is 8.74. The molecule has 1 amide bonds. The maximum atomic E-state index is 12.4. The number of nitrogens with zero attached hydrogens (tertiary/aromatic N) is 1. The van der Waals surface area contributed by atoms with Gasteiger partial charge in [0.15, 0.2) is 11.5 Å². The van der Waals surface area contributed by atoms with Crippen molar-refractivity contribution < 1.29 is 22.7 Å². The van der Waals surface area contributed by atoms with Gasteiger partial charge in [-0.1, -0.05) is 6.92 Å². The Morgan fingerprint density at radius 1 is 1.22 bits per heavy atom. The fraction of sp³-hybridized carbons (Fsp3) is 0.389. The van der Waals surface area contributed by atoms with Gasteiger partial charge >= 0.3 is 0 Å². The predicted octanol–water partition coefficient (Wildman–Crippen LogP) is 2.37. The van der Waals surface area contributed by atoms with Crippen LogP contribution in [-0.2, 0) is 21.2 Å². The number of nitrogens with one attached hydrogen (secondary N) is 1. The Hall–Kier alpha value is -2.10. The number of thiophene rings is 1. The van der Waals surface area contributed by atoms with E-state index in [-0.39, 0.29) is 25.2 Å². The second-order valence-electron chi connectivity index (χ2n) is 6.54.